The SMILES string of the molecule is O=C(O)C1CCC(C(=O)N2CCc3cc(F)ccc3C2)CC1. The van der Waals surface area contributed by atoms with Crippen molar-refractivity contribution >= 4 is 11.9 Å². The molecule has 0 atom stereocenters. The van der Waals surface area contributed by atoms with Gasteiger partial charge in [0, 0.05) is 19.0 Å². The van der Waals surface area contributed by atoms with Gasteiger partial charge in [0.05, 0.1) is 5.92 Å². The number of carboxylic acid groups (broad SMARTS) is 1. The van der Waals surface area contributed by atoms with Crippen LogP contribution in [0, 0.1) is 17.7 Å². The Morgan fingerprint density at radius 2 is 1.77 bits per heavy atom. The Kier molecular flexibility index (Phi) is 4.14. The van der Waals surface area contributed by atoms with Crippen molar-refractivity contribution in [2.45, 2.75) is 38.6 Å². The van der Waals surface area contributed by atoms with E-state index in [0.29, 0.717) is 45.2 Å². The second-order valence-electron chi connectivity index (χ2n) is 6.31. The molecular formula is C17H20FNO3. The zero-order valence-corrected chi connectivity index (χ0v) is 12.4. The number of rotatable bonds is 2. The molecule has 1 aliphatic carbocycles. The molecule has 1 N–H and O–H groups in total. The summed E-state index contributed by atoms with van der Waals surface area (Å²) in [5.74, 6) is -1.21. The lowest BCUT2D eigenvalue weighted by Crippen LogP contribution is -2.41. The van der Waals surface area contributed by atoms with Gasteiger partial charge in [0.25, 0.3) is 0 Å². The molecular weight excluding hydrogens is 285 g/mol. The second kappa shape index (κ2) is 6.07. The molecule has 1 aromatic rings. The van der Waals surface area contributed by atoms with Crippen LogP contribution in [0.2, 0.25) is 0 Å². The molecule has 4 nitrogen and oxygen atoms in total. The average molecular weight is 305 g/mol. The van der Waals surface area contributed by atoms with Crippen LogP contribution in [-0.2, 0) is 22.6 Å². The van der Waals surface area contributed by atoms with E-state index < -0.39 is 5.97 Å². The Bertz CT molecular complexity index is 594. The molecule has 1 heterocycles. The highest BCUT2D eigenvalue weighted by Crippen LogP contribution is 2.31. The molecule has 1 amide bonds. The van der Waals surface area contributed by atoms with Crippen molar-refractivity contribution in [2.75, 3.05) is 6.54 Å². The predicted molar refractivity (Wildman–Crippen MR) is 78.6 cm³/mol. The monoisotopic (exact) mass is 305 g/mol. The lowest BCUT2D eigenvalue weighted by atomic mass is 9.81. The first kappa shape index (κ1) is 15.0. The molecule has 1 aromatic carbocycles. The highest BCUT2D eigenvalue weighted by atomic mass is 19.1. The Morgan fingerprint density at radius 3 is 2.45 bits per heavy atom. The third kappa shape index (κ3) is 2.98. The van der Waals surface area contributed by atoms with Gasteiger partial charge in [-0.05, 0) is 55.4 Å². The molecule has 0 aromatic heterocycles. The molecule has 0 bridgehead atoms. The van der Waals surface area contributed by atoms with E-state index in [-0.39, 0.29) is 23.6 Å². The van der Waals surface area contributed by atoms with E-state index >= 15 is 0 Å². The summed E-state index contributed by atoms with van der Waals surface area (Å²) in [6.45, 7) is 1.15. The molecule has 1 fully saturated rings. The van der Waals surface area contributed by atoms with Crippen LogP contribution >= 0.6 is 0 Å². The van der Waals surface area contributed by atoms with E-state index in [1.807, 2.05) is 4.90 Å². The van der Waals surface area contributed by atoms with E-state index in [4.69, 9.17) is 5.11 Å². The van der Waals surface area contributed by atoms with Crippen molar-refractivity contribution in [3.63, 3.8) is 0 Å². The third-order valence-electron chi connectivity index (χ3n) is 4.92. The first-order valence-electron chi connectivity index (χ1n) is 7.83. The number of amides is 1. The van der Waals surface area contributed by atoms with E-state index in [1.165, 1.54) is 6.07 Å². The van der Waals surface area contributed by atoms with Crippen molar-refractivity contribution in [3.8, 4) is 0 Å². The van der Waals surface area contributed by atoms with Crippen molar-refractivity contribution in [1.82, 2.24) is 4.90 Å². The molecule has 0 unspecified atom stereocenters. The molecule has 1 aliphatic heterocycles. The number of nitrogens with zero attached hydrogens (tertiary/aromatic N) is 1. The van der Waals surface area contributed by atoms with Crippen LogP contribution in [0.15, 0.2) is 18.2 Å². The molecule has 118 valence electrons. The van der Waals surface area contributed by atoms with Gasteiger partial charge in [0.15, 0.2) is 0 Å². The topological polar surface area (TPSA) is 57.6 Å². The van der Waals surface area contributed by atoms with Gasteiger partial charge in [-0.25, -0.2) is 4.39 Å². The lowest BCUT2D eigenvalue weighted by Gasteiger charge is -2.34. The Hall–Kier alpha value is -1.91. The summed E-state index contributed by atoms with van der Waals surface area (Å²) in [5.41, 5.74) is 2.00. The fourth-order valence-electron chi connectivity index (χ4n) is 3.56. The van der Waals surface area contributed by atoms with Gasteiger partial charge < -0.3 is 10.0 Å². The Balaban J connectivity index is 1.62. The Labute approximate surface area is 128 Å². The smallest absolute Gasteiger partial charge is 0.306 e. The van der Waals surface area contributed by atoms with Crippen LogP contribution < -0.4 is 0 Å². The minimum absolute atomic E-state index is 0.0578. The quantitative estimate of drug-likeness (QED) is 0.913. The van der Waals surface area contributed by atoms with E-state index in [0.717, 1.165) is 11.1 Å². The number of carbonyl (C=O) groups excluding carboxylic acids is 1. The molecule has 22 heavy (non-hydrogen) atoms. The molecule has 3 rings (SSSR count). The maximum absolute atomic E-state index is 13.2. The third-order valence-corrected chi connectivity index (χ3v) is 4.92. The number of benzene rings is 1. The number of carbonyl (C=O) groups is 2. The average Bonchev–Trinajstić information content (AvgIpc) is 2.53. The first-order valence-corrected chi connectivity index (χ1v) is 7.83. The minimum atomic E-state index is -0.750. The van der Waals surface area contributed by atoms with Gasteiger partial charge in [-0.1, -0.05) is 6.07 Å². The number of aliphatic carboxylic acids is 1. The number of halogens is 1. The number of carboxylic acids is 1. The second-order valence-corrected chi connectivity index (χ2v) is 6.31. The zero-order valence-electron chi connectivity index (χ0n) is 12.4. The van der Waals surface area contributed by atoms with Crippen molar-refractivity contribution in [1.29, 1.82) is 0 Å². The van der Waals surface area contributed by atoms with Gasteiger partial charge in [0.2, 0.25) is 5.91 Å². The maximum Gasteiger partial charge on any atom is 0.306 e. The first-order chi connectivity index (χ1) is 10.5. The van der Waals surface area contributed by atoms with Gasteiger partial charge in [0.1, 0.15) is 5.82 Å². The summed E-state index contributed by atoms with van der Waals surface area (Å²) in [6.07, 6.45) is 3.16. The summed E-state index contributed by atoms with van der Waals surface area (Å²) in [5, 5.41) is 9.02. The molecule has 5 heteroatoms. The van der Waals surface area contributed by atoms with Gasteiger partial charge in [-0.15, -0.1) is 0 Å². The standard InChI is InChI=1S/C17H20FNO3/c18-15-6-5-14-10-19(8-7-13(14)9-15)16(20)11-1-3-12(4-2-11)17(21)22/h5-6,9,11-12H,1-4,7-8,10H2,(H,21,22). The van der Waals surface area contributed by atoms with Crippen LogP contribution in [0.3, 0.4) is 0 Å². The lowest BCUT2D eigenvalue weighted by molar-refractivity contribution is -0.146. The van der Waals surface area contributed by atoms with Crippen molar-refractivity contribution < 1.29 is 19.1 Å². The Morgan fingerprint density at radius 1 is 1.09 bits per heavy atom. The van der Waals surface area contributed by atoms with E-state index in [2.05, 4.69) is 0 Å². The largest absolute Gasteiger partial charge is 0.481 e. The highest BCUT2D eigenvalue weighted by molar-refractivity contribution is 5.79. The summed E-state index contributed by atoms with van der Waals surface area (Å²) in [7, 11) is 0. The molecule has 0 radical (unpaired) electrons. The number of hydrogen-bond acceptors (Lipinski definition) is 2. The van der Waals surface area contributed by atoms with Crippen LogP contribution in [0.25, 0.3) is 0 Å². The summed E-state index contributed by atoms with van der Waals surface area (Å²) < 4.78 is 13.2. The van der Waals surface area contributed by atoms with Gasteiger partial charge in [-0.3, -0.25) is 9.59 Å². The fourth-order valence-corrected chi connectivity index (χ4v) is 3.56. The molecule has 0 spiro atoms. The van der Waals surface area contributed by atoms with Crippen molar-refractivity contribution in [3.05, 3.63) is 35.1 Å². The number of fused-ring (bicyclic) bond motifs is 1. The van der Waals surface area contributed by atoms with E-state index in [1.54, 1.807) is 12.1 Å². The maximum atomic E-state index is 13.2. The highest BCUT2D eigenvalue weighted by Gasteiger charge is 2.33. The van der Waals surface area contributed by atoms with Crippen molar-refractivity contribution in [2.24, 2.45) is 11.8 Å². The van der Waals surface area contributed by atoms with Crippen LogP contribution in [-0.4, -0.2) is 28.4 Å². The van der Waals surface area contributed by atoms with Crippen LogP contribution in [0.5, 0.6) is 0 Å². The minimum Gasteiger partial charge on any atom is -0.481 e. The summed E-state index contributed by atoms with van der Waals surface area (Å²) >= 11 is 0. The van der Waals surface area contributed by atoms with Gasteiger partial charge >= 0.3 is 5.97 Å². The zero-order chi connectivity index (χ0) is 15.7. The summed E-state index contributed by atoms with van der Waals surface area (Å²) in [4.78, 5) is 25.4. The van der Waals surface area contributed by atoms with E-state index in [9.17, 15) is 14.0 Å². The fraction of sp³-hybridized carbons (Fsp3) is 0.529. The van der Waals surface area contributed by atoms with Crippen LogP contribution in [0.1, 0.15) is 36.8 Å². The summed E-state index contributed by atoms with van der Waals surface area (Å²) in [6, 6.07) is 4.74. The normalized spacial score (nSPS) is 24.7. The predicted octanol–water partition coefficient (Wildman–Crippen LogP) is 2.60. The molecule has 1 saturated carbocycles. The van der Waals surface area contributed by atoms with Crippen LogP contribution in [0.4, 0.5) is 4.39 Å². The number of hydrogen-bond donors (Lipinski definition) is 1. The molecule has 0 saturated heterocycles. The van der Waals surface area contributed by atoms with Gasteiger partial charge in [-0.2, -0.15) is 0 Å². The molecule has 2 aliphatic rings.